The van der Waals surface area contributed by atoms with Gasteiger partial charge >= 0.3 is 0 Å². The van der Waals surface area contributed by atoms with Crippen LogP contribution in [0, 0.1) is 6.92 Å². The van der Waals surface area contributed by atoms with E-state index < -0.39 is 0 Å². The van der Waals surface area contributed by atoms with E-state index in [1.165, 1.54) is 11.3 Å². The van der Waals surface area contributed by atoms with Crippen molar-refractivity contribution in [1.29, 1.82) is 0 Å². The van der Waals surface area contributed by atoms with Gasteiger partial charge in [-0.15, -0.1) is 23.7 Å². The molecule has 0 bridgehead atoms. The van der Waals surface area contributed by atoms with Crippen LogP contribution in [0.15, 0.2) is 82.0 Å². The van der Waals surface area contributed by atoms with E-state index in [2.05, 4.69) is 15.3 Å². The van der Waals surface area contributed by atoms with Crippen LogP contribution in [-0.4, -0.2) is 17.1 Å². The number of benzene rings is 2. The minimum absolute atomic E-state index is 0. The highest BCUT2D eigenvalue weighted by atomic mass is 35.5. The normalized spacial score (nSPS) is 10.2. The Balaban J connectivity index is 0.00000256. The molecule has 0 aliphatic rings. The third-order valence-electron chi connectivity index (χ3n) is 3.94. The first-order chi connectivity index (χ1) is 14.2. The molecule has 1 N–H and O–H groups in total. The zero-order chi connectivity index (χ0) is 20.1. The minimum atomic E-state index is 0. The van der Waals surface area contributed by atoms with Crippen LogP contribution in [0.1, 0.15) is 5.69 Å². The van der Waals surface area contributed by atoms with Gasteiger partial charge in [-0.05, 0) is 31.2 Å². The molecular formula is C22H20ClN3O2S2. The van der Waals surface area contributed by atoms with Gasteiger partial charge in [0.2, 0.25) is 0 Å². The molecule has 0 aliphatic heterocycles. The molecule has 0 radical (unpaired) electrons. The van der Waals surface area contributed by atoms with Gasteiger partial charge in [-0.1, -0.05) is 42.1 Å². The monoisotopic (exact) mass is 457 g/mol. The van der Waals surface area contributed by atoms with Crippen molar-refractivity contribution < 1.29 is 9.47 Å². The predicted molar refractivity (Wildman–Crippen MR) is 125 cm³/mol. The first-order valence-electron chi connectivity index (χ1n) is 8.94. The van der Waals surface area contributed by atoms with Crippen LogP contribution in [0.2, 0.25) is 0 Å². The molecule has 2 heterocycles. The van der Waals surface area contributed by atoms with Gasteiger partial charge in [0.25, 0.3) is 0 Å². The van der Waals surface area contributed by atoms with Gasteiger partial charge in [-0.25, -0.2) is 9.97 Å². The van der Waals surface area contributed by atoms with Crippen molar-refractivity contribution in [2.45, 2.75) is 16.7 Å². The second-order valence-corrected chi connectivity index (χ2v) is 8.08. The van der Waals surface area contributed by atoms with E-state index in [0.717, 1.165) is 32.1 Å². The van der Waals surface area contributed by atoms with Crippen molar-refractivity contribution in [2.75, 3.05) is 12.4 Å². The summed E-state index contributed by atoms with van der Waals surface area (Å²) in [5.41, 5.74) is 0.964. The van der Waals surface area contributed by atoms with Crippen molar-refractivity contribution in [3.05, 3.63) is 77.9 Å². The standard InChI is InChI=1S/C22H19N3O2S2.ClH/c1-15-14-28-22(24-15)25-21-19(27-16-8-4-3-5-9-16)12-17(13-23-21)29-20-11-7-6-10-18(20)26-2;/h3-14H,1-2H3,(H,23,24,25);1H. The third-order valence-corrected chi connectivity index (χ3v) is 5.83. The van der Waals surface area contributed by atoms with E-state index in [1.807, 2.05) is 79.2 Å². The number of pyridine rings is 1. The molecule has 8 heteroatoms. The minimum Gasteiger partial charge on any atom is -0.496 e. The number of nitrogens with zero attached hydrogens (tertiary/aromatic N) is 2. The summed E-state index contributed by atoms with van der Waals surface area (Å²) in [5, 5.41) is 6.03. The summed E-state index contributed by atoms with van der Waals surface area (Å²) in [7, 11) is 1.67. The Kier molecular flexibility index (Phi) is 7.57. The smallest absolute Gasteiger partial charge is 0.188 e. The molecule has 0 saturated heterocycles. The van der Waals surface area contributed by atoms with Crippen molar-refractivity contribution in [2.24, 2.45) is 0 Å². The van der Waals surface area contributed by atoms with Crippen LogP contribution in [0.5, 0.6) is 17.2 Å². The molecule has 2 aromatic carbocycles. The molecule has 4 rings (SSSR count). The molecule has 0 aliphatic carbocycles. The lowest BCUT2D eigenvalue weighted by Crippen LogP contribution is -1.97. The molecule has 0 spiro atoms. The molecule has 154 valence electrons. The Labute approximate surface area is 189 Å². The predicted octanol–water partition coefficient (Wildman–Crippen LogP) is 6.96. The maximum atomic E-state index is 6.13. The molecule has 4 aromatic rings. The Morgan fingerprint density at radius 3 is 2.50 bits per heavy atom. The van der Waals surface area contributed by atoms with Crippen LogP contribution in [0.3, 0.4) is 0 Å². The number of halogens is 1. The largest absolute Gasteiger partial charge is 0.496 e. The van der Waals surface area contributed by atoms with Gasteiger partial charge < -0.3 is 14.8 Å². The highest BCUT2D eigenvalue weighted by Crippen LogP contribution is 2.39. The van der Waals surface area contributed by atoms with Gasteiger partial charge in [-0.2, -0.15) is 0 Å². The molecular weight excluding hydrogens is 438 g/mol. The molecule has 0 fully saturated rings. The number of anilines is 2. The van der Waals surface area contributed by atoms with Gasteiger partial charge in [0.05, 0.1) is 17.7 Å². The first kappa shape index (κ1) is 22.0. The summed E-state index contributed by atoms with van der Waals surface area (Å²) in [6.07, 6.45) is 1.82. The van der Waals surface area contributed by atoms with E-state index in [1.54, 1.807) is 18.9 Å². The molecule has 0 saturated carbocycles. The Bertz CT molecular complexity index is 1110. The number of para-hydroxylation sites is 2. The molecule has 30 heavy (non-hydrogen) atoms. The number of thiazole rings is 1. The van der Waals surface area contributed by atoms with Crippen LogP contribution >= 0.6 is 35.5 Å². The fraction of sp³-hybridized carbons (Fsp3) is 0.0909. The highest BCUT2D eigenvalue weighted by molar-refractivity contribution is 7.99. The van der Waals surface area contributed by atoms with Crippen LogP contribution in [0.25, 0.3) is 0 Å². The second kappa shape index (κ2) is 10.3. The van der Waals surface area contributed by atoms with Gasteiger partial charge in [0, 0.05) is 22.5 Å². The lowest BCUT2D eigenvalue weighted by molar-refractivity contribution is 0.405. The lowest BCUT2D eigenvalue weighted by atomic mass is 10.3. The summed E-state index contributed by atoms with van der Waals surface area (Å²) in [6.45, 7) is 1.96. The second-order valence-electron chi connectivity index (χ2n) is 6.10. The van der Waals surface area contributed by atoms with E-state index in [-0.39, 0.29) is 12.4 Å². The van der Waals surface area contributed by atoms with E-state index in [0.29, 0.717) is 11.6 Å². The Morgan fingerprint density at radius 2 is 1.77 bits per heavy atom. The third kappa shape index (κ3) is 5.44. The van der Waals surface area contributed by atoms with Crippen molar-refractivity contribution in [3.63, 3.8) is 0 Å². The first-order valence-corrected chi connectivity index (χ1v) is 10.6. The zero-order valence-corrected chi connectivity index (χ0v) is 18.8. The lowest BCUT2D eigenvalue weighted by Gasteiger charge is -2.13. The summed E-state index contributed by atoms with van der Waals surface area (Å²) < 4.78 is 11.6. The van der Waals surface area contributed by atoms with Crippen molar-refractivity contribution >= 4 is 46.5 Å². The van der Waals surface area contributed by atoms with Gasteiger partial charge in [0.1, 0.15) is 11.5 Å². The Hall–Kier alpha value is -2.74. The summed E-state index contributed by atoms with van der Waals surface area (Å²) in [4.78, 5) is 11.0. The van der Waals surface area contributed by atoms with Crippen molar-refractivity contribution in [1.82, 2.24) is 9.97 Å². The zero-order valence-electron chi connectivity index (χ0n) is 16.4. The number of hydrogen-bond donors (Lipinski definition) is 1. The van der Waals surface area contributed by atoms with Crippen LogP contribution in [-0.2, 0) is 0 Å². The highest BCUT2D eigenvalue weighted by Gasteiger charge is 2.13. The quantitative estimate of drug-likeness (QED) is 0.323. The van der Waals surface area contributed by atoms with Crippen LogP contribution < -0.4 is 14.8 Å². The molecule has 0 amide bonds. The molecule has 5 nitrogen and oxygen atoms in total. The van der Waals surface area contributed by atoms with E-state index >= 15 is 0 Å². The fourth-order valence-corrected chi connectivity index (χ4v) is 4.22. The summed E-state index contributed by atoms with van der Waals surface area (Å²) in [6, 6.07) is 19.5. The van der Waals surface area contributed by atoms with Gasteiger partial charge in [-0.3, -0.25) is 0 Å². The van der Waals surface area contributed by atoms with Crippen molar-refractivity contribution in [3.8, 4) is 17.2 Å². The summed E-state index contributed by atoms with van der Waals surface area (Å²) in [5.74, 6) is 2.81. The van der Waals surface area contributed by atoms with E-state index in [4.69, 9.17) is 9.47 Å². The Morgan fingerprint density at radius 1 is 1.00 bits per heavy atom. The average molecular weight is 458 g/mol. The van der Waals surface area contributed by atoms with Crippen LogP contribution in [0.4, 0.5) is 10.9 Å². The maximum absolute atomic E-state index is 6.13. The summed E-state index contributed by atoms with van der Waals surface area (Å²) >= 11 is 3.11. The number of rotatable bonds is 7. The molecule has 0 atom stereocenters. The number of aromatic nitrogens is 2. The van der Waals surface area contributed by atoms with Gasteiger partial charge in [0.15, 0.2) is 16.7 Å². The number of hydrogen-bond acceptors (Lipinski definition) is 7. The number of ether oxygens (including phenoxy) is 2. The molecule has 2 aromatic heterocycles. The number of nitrogens with one attached hydrogen (secondary N) is 1. The molecule has 0 unspecified atom stereocenters. The van der Waals surface area contributed by atoms with E-state index in [9.17, 15) is 0 Å². The number of methoxy groups -OCH3 is 1. The topological polar surface area (TPSA) is 56.3 Å². The SMILES string of the molecule is COc1ccccc1Sc1cnc(Nc2nc(C)cs2)c(Oc2ccccc2)c1.Cl. The maximum Gasteiger partial charge on any atom is 0.188 e. The average Bonchev–Trinajstić information content (AvgIpc) is 3.16. The fourth-order valence-electron chi connectivity index (χ4n) is 2.61. The number of aryl methyl sites for hydroxylation is 1.